The van der Waals surface area contributed by atoms with Gasteiger partial charge in [0.1, 0.15) is 5.83 Å². The fourth-order valence-electron chi connectivity index (χ4n) is 0.636. The Morgan fingerprint density at radius 3 is 2.89 bits per heavy atom. The van der Waals surface area contributed by atoms with E-state index >= 15 is 0 Å². The summed E-state index contributed by atoms with van der Waals surface area (Å²) in [6.07, 6.45) is 5.08. The summed E-state index contributed by atoms with van der Waals surface area (Å²) in [6.45, 7) is 0. The Bertz CT molecular complexity index is 207. The molecule has 1 aliphatic carbocycles. The normalized spacial score (nSPS) is 17.8. The van der Waals surface area contributed by atoms with E-state index in [1.165, 1.54) is 6.08 Å². The molecule has 1 radical (unpaired) electrons. The maximum Gasteiger partial charge on any atom is 0.136 e. The van der Waals surface area contributed by atoms with Crippen molar-refractivity contribution in [3.8, 4) is 6.07 Å². The number of hydrogen-bond donors (Lipinski definition) is 0. The Hall–Kier alpha value is -1.10. The molecule has 0 saturated carbocycles. The van der Waals surface area contributed by atoms with Crippen molar-refractivity contribution in [3.63, 3.8) is 0 Å². The fourth-order valence-corrected chi connectivity index (χ4v) is 0.636. The molecule has 2 heteroatoms. The molecular formula is C7H5FN. The summed E-state index contributed by atoms with van der Waals surface area (Å²) in [6, 6.07) is 1.78. The molecule has 0 bridgehead atoms. The molecule has 1 rings (SSSR count). The largest absolute Gasteiger partial charge is 0.206 e. The van der Waals surface area contributed by atoms with Crippen LogP contribution in [0.4, 0.5) is 4.39 Å². The van der Waals surface area contributed by atoms with Gasteiger partial charge in [-0.15, -0.1) is 0 Å². The van der Waals surface area contributed by atoms with E-state index in [0.29, 0.717) is 6.42 Å². The number of nitrogens with zero attached hydrogens (tertiary/aromatic N) is 1. The van der Waals surface area contributed by atoms with E-state index in [2.05, 4.69) is 0 Å². The molecule has 0 N–H and O–H groups in total. The van der Waals surface area contributed by atoms with Crippen LogP contribution in [-0.4, -0.2) is 0 Å². The van der Waals surface area contributed by atoms with Crippen LogP contribution in [0, 0.1) is 17.8 Å². The van der Waals surface area contributed by atoms with E-state index in [9.17, 15) is 4.39 Å². The van der Waals surface area contributed by atoms with Gasteiger partial charge in [-0.05, 0) is 18.9 Å². The summed E-state index contributed by atoms with van der Waals surface area (Å²) < 4.78 is 12.4. The van der Waals surface area contributed by atoms with Gasteiger partial charge < -0.3 is 0 Å². The van der Waals surface area contributed by atoms with E-state index < -0.39 is 5.83 Å². The number of hydrogen-bond acceptors (Lipinski definition) is 1. The summed E-state index contributed by atoms with van der Waals surface area (Å²) in [5, 5.41) is 8.26. The highest BCUT2D eigenvalue weighted by Gasteiger charge is 2.05. The second-order valence-corrected chi connectivity index (χ2v) is 1.74. The molecule has 0 amide bonds. The Morgan fingerprint density at radius 2 is 2.44 bits per heavy atom. The molecule has 0 atom stereocenters. The maximum atomic E-state index is 12.4. The van der Waals surface area contributed by atoms with Crippen LogP contribution in [0.1, 0.15) is 6.42 Å². The maximum absolute atomic E-state index is 12.4. The van der Waals surface area contributed by atoms with Crippen molar-refractivity contribution in [3.05, 3.63) is 30.0 Å². The lowest BCUT2D eigenvalue weighted by atomic mass is 10.1. The van der Waals surface area contributed by atoms with Gasteiger partial charge in [0.15, 0.2) is 0 Å². The van der Waals surface area contributed by atoms with Crippen LogP contribution < -0.4 is 0 Å². The summed E-state index contributed by atoms with van der Waals surface area (Å²) in [5.74, 6) is -0.403. The lowest BCUT2D eigenvalue weighted by Gasteiger charge is -1.99. The number of halogens is 1. The molecule has 0 unspecified atom stereocenters. The van der Waals surface area contributed by atoms with Gasteiger partial charge in [-0.3, -0.25) is 0 Å². The molecule has 0 aromatic heterocycles. The topological polar surface area (TPSA) is 23.8 Å². The van der Waals surface area contributed by atoms with Crippen LogP contribution in [0.15, 0.2) is 23.6 Å². The Morgan fingerprint density at radius 1 is 1.67 bits per heavy atom. The zero-order chi connectivity index (χ0) is 6.69. The minimum Gasteiger partial charge on any atom is -0.206 e. The molecule has 1 aliphatic rings. The minimum atomic E-state index is -0.403. The van der Waals surface area contributed by atoms with Crippen molar-refractivity contribution in [2.75, 3.05) is 0 Å². The smallest absolute Gasteiger partial charge is 0.136 e. The Labute approximate surface area is 53.1 Å². The van der Waals surface area contributed by atoms with Crippen LogP contribution in [0.25, 0.3) is 0 Å². The number of nitriles is 1. The third-order valence-corrected chi connectivity index (χ3v) is 1.12. The Balaban J connectivity index is 2.88. The van der Waals surface area contributed by atoms with Gasteiger partial charge in [0.25, 0.3) is 0 Å². The van der Waals surface area contributed by atoms with Crippen LogP contribution in [0.5, 0.6) is 0 Å². The molecule has 0 aromatic carbocycles. The average Bonchev–Trinajstić information content (AvgIpc) is 1.89. The highest BCUT2D eigenvalue weighted by Crippen LogP contribution is 2.17. The van der Waals surface area contributed by atoms with Gasteiger partial charge in [-0.25, -0.2) is 4.39 Å². The molecule has 0 spiro atoms. The first-order chi connectivity index (χ1) is 4.34. The summed E-state index contributed by atoms with van der Waals surface area (Å²) in [4.78, 5) is 0. The monoisotopic (exact) mass is 122 g/mol. The highest BCUT2D eigenvalue weighted by molar-refractivity contribution is 5.36. The van der Waals surface area contributed by atoms with Crippen LogP contribution >= 0.6 is 0 Å². The molecule has 0 saturated heterocycles. The number of allylic oxidation sites excluding steroid dienone is 4. The van der Waals surface area contributed by atoms with Crippen LogP contribution in [0.3, 0.4) is 0 Å². The summed E-state index contributed by atoms with van der Waals surface area (Å²) in [5.41, 5.74) is 0.220. The zero-order valence-electron chi connectivity index (χ0n) is 4.76. The zero-order valence-corrected chi connectivity index (χ0v) is 4.76. The average molecular weight is 122 g/mol. The Kier molecular flexibility index (Phi) is 1.64. The molecule has 0 aromatic rings. The predicted octanol–water partition coefficient (Wildman–Crippen LogP) is 1.90. The SMILES string of the molecule is N#CC1=C(F)C=C[CH]C1. The standard InChI is InChI=1S/C7H5FN/c8-7-4-2-1-3-6(7)5-9/h1-2,4H,3H2. The van der Waals surface area contributed by atoms with Crippen molar-refractivity contribution >= 4 is 0 Å². The van der Waals surface area contributed by atoms with E-state index in [4.69, 9.17) is 5.26 Å². The summed E-state index contributed by atoms with van der Waals surface area (Å²) >= 11 is 0. The first-order valence-electron chi connectivity index (χ1n) is 2.63. The van der Waals surface area contributed by atoms with Gasteiger partial charge in [-0.1, -0.05) is 6.08 Å². The molecular weight excluding hydrogens is 117 g/mol. The predicted molar refractivity (Wildman–Crippen MR) is 31.8 cm³/mol. The third-order valence-electron chi connectivity index (χ3n) is 1.12. The molecule has 45 valence electrons. The molecule has 0 aliphatic heterocycles. The lowest BCUT2D eigenvalue weighted by Crippen LogP contribution is -1.87. The van der Waals surface area contributed by atoms with E-state index in [0.717, 1.165) is 0 Å². The molecule has 1 nitrogen and oxygen atoms in total. The molecule has 0 fully saturated rings. The lowest BCUT2D eigenvalue weighted by molar-refractivity contribution is 0.651. The summed E-state index contributed by atoms with van der Waals surface area (Å²) in [7, 11) is 0. The van der Waals surface area contributed by atoms with E-state index in [1.807, 2.05) is 0 Å². The van der Waals surface area contributed by atoms with E-state index in [-0.39, 0.29) is 5.57 Å². The highest BCUT2D eigenvalue weighted by atomic mass is 19.1. The van der Waals surface area contributed by atoms with Crippen molar-refractivity contribution in [1.29, 1.82) is 5.26 Å². The van der Waals surface area contributed by atoms with Crippen molar-refractivity contribution in [2.45, 2.75) is 6.42 Å². The molecule has 9 heavy (non-hydrogen) atoms. The number of rotatable bonds is 0. The minimum absolute atomic E-state index is 0.220. The van der Waals surface area contributed by atoms with E-state index in [1.54, 1.807) is 18.6 Å². The van der Waals surface area contributed by atoms with Gasteiger partial charge in [-0.2, -0.15) is 5.26 Å². The molecule has 0 heterocycles. The van der Waals surface area contributed by atoms with Crippen LogP contribution in [0.2, 0.25) is 0 Å². The van der Waals surface area contributed by atoms with Crippen LogP contribution in [-0.2, 0) is 0 Å². The third kappa shape index (κ3) is 1.17. The quantitative estimate of drug-likeness (QED) is 0.481. The van der Waals surface area contributed by atoms with Gasteiger partial charge in [0.2, 0.25) is 0 Å². The second-order valence-electron chi connectivity index (χ2n) is 1.74. The fraction of sp³-hybridized carbons (Fsp3) is 0.143. The van der Waals surface area contributed by atoms with Gasteiger partial charge >= 0.3 is 0 Å². The first kappa shape index (κ1) is 6.03. The van der Waals surface area contributed by atoms with Crippen molar-refractivity contribution in [1.82, 2.24) is 0 Å². The van der Waals surface area contributed by atoms with Gasteiger partial charge in [0.05, 0.1) is 11.6 Å². The van der Waals surface area contributed by atoms with Gasteiger partial charge in [0, 0.05) is 0 Å². The van der Waals surface area contributed by atoms with Crippen molar-refractivity contribution in [2.24, 2.45) is 0 Å². The second kappa shape index (κ2) is 2.45. The van der Waals surface area contributed by atoms with Crippen molar-refractivity contribution < 1.29 is 4.39 Å². The first-order valence-corrected chi connectivity index (χ1v) is 2.63.